The molecule has 1 aromatic rings. The summed E-state index contributed by atoms with van der Waals surface area (Å²) in [6, 6.07) is 1.99. The van der Waals surface area contributed by atoms with E-state index in [-0.39, 0.29) is 12.0 Å². The SMILES string of the molecule is CCC(C)Nc1c(C(=O)OC(C)(C)C)ccnc1N1CCNCC1. The van der Waals surface area contributed by atoms with E-state index in [1.165, 1.54) is 0 Å². The second kappa shape index (κ2) is 7.83. The number of nitrogens with zero attached hydrogens (tertiary/aromatic N) is 2. The van der Waals surface area contributed by atoms with Crippen molar-refractivity contribution in [2.45, 2.75) is 52.7 Å². The largest absolute Gasteiger partial charge is 0.456 e. The van der Waals surface area contributed by atoms with Crippen molar-refractivity contribution >= 4 is 17.5 Å². The zero-order valence-electron chi connectivity index (χ0n) is 15.5. The number of carbonyl (C=O) groups is 1. The van der Waals surface area contributed by atoms with Crippen LogP contribution in [0, 0.1) is 0 Å². The van der Waals surface area contributed by atoms with E-state index in [0.29, 0.717) is 5.56 Å². The highest BCUT2D eigenvalue weighted by atomic mass is 16.6. The van der Waals surface area contributed by atoms with Gasteiger partial charge < -0.3 is 20.3 Å². The van der Waals surface area contributed by atoms with Crippen LogP contribution < -0.4 is 15.5 Å². The molecule has 0 amide bonds. The van der Waals surface area contributed by atoms with Gasteiger partial charge in [0.25, 0.3) is 0 Å². The highest BCUT2D eigenvalue weighted by Crippen LogP contribution is 2.30. The number of hydrogen-bond acceptors (Lipinski definition) is 6. The van der Waals surface area contributed by atoms with E-state index in [1.807, 2.05) is 20.8 Å². The topological polar surface area (TPSA) is 66.5 Å². The van der Waals surface area contributed by atoms with Crippen LogP contribution >= 0.6 is 0 Å². The number of ether oxygens (including phenoxy) is 1. The van der Waals surface area contributed by atoms with Gasteiger partial charge in [-0.25, -0.2) is 9.78 Å². The number of pyridine rings is 1. The minimum atomic E-state index is -0.525. The third-order valence-electron chi connectivity index (χ3n) is 3.97. The van der Waals surface area contributed by atoms with Gasteiger partial charge in [0.15, 0.2) is 5.82 Å². The van der Waals surface area contributed by atoms with Crippen LogP contribution in [0.3, 0.4) is 0 Å². The minimum absolute atomic E-state index is 0.247. The quantitative estimate of drug-likeness (QED) is 0.807. The molecule has 0 radical (unpaired) electrons. The first-order valence-corrected chi connectivity index (χ1v) is 8.76. The summed E-state index contributed by atoms with van der Waals surface area (Å²) in [4.78, 5) is 19.4. The number of hydrogen-bond donors (Lipinski definition) is 2. The van der Waals surface area contributed by atoms with Crippen LogP contribution in [-0.2, 0) is 4.74 Å². The van der Waals surface area contributed by atoms with Crippen molar-refractivity contribution in [1.29, 1.82) is 0 Å². The van der Waals surface area contributed by atoms with Gasteiger partial charge in [-0.2, -0.15) is 0 Å². The van der Waals surface area contributed by atoms with Crippen molar-refractivity contribution in [3.05, 3.63) is 17.8 Å². The van der Waals surface area contributed by atoms with E-state index in [4.69, 9.17) is 4.74 Å². The minimum Gasteiger partial charge on any atom is -0.456 e. The molecule has 0 aliphatic carbocycles. The van der Waals surface area contributed by atoms with Gasteiger partial charge in [0.05, 0.1) is 11.3 Å². The molecule has 2 N–H and O–H groups in total. The fraction of sp³-hybridized carbons (Fsp3) is 0.667. The van der Waals surface area contributed by atoms with Crippen LogP contribution in [0.5, 0.6) is 0 Å². The van der Waals surface area contributed by atoms with Crippen molar-refractivity contribution < 1.29 is 9.53 Å². The molecule has 0 saturated carbocycles. The van der Waals surface area contributed by atoms with Crippen LogP contribution in [0.4, 0.5) is 11.5 Å². The Morgan fingerprint density at radius 3 is 2.67 bits per heavy atom. The molecular weight excluding hydrogens is 304 g/mol. The summed E-state index contributed by atoms with van der Waals surface area (Å²) >= 11 is 0. The average Bonchev–Trinajstić information content (AvgIpc) is 2.54. The van der Waals surface area contributed by atoms with E-state index in [9.17, 15) is 4.79 Å². The number of aromatic nitrogens is 1. The van der Waals surface area contributed by atoms with Crippen LogP contribution in [0.1, 0.15) is 51.4 Å². The molecule has 2 heterocycles. The van der Waals surface area contributed by atoms with Crippen LogP contribution in [0.2, 0.25) is 0 Å². The lowest BCUT2D eigenvalue weighted by Gasteiger charge is -2.31. The Labute approximate surface area is 145 Å². The fourth-order valence-corrected chi connectivity index (χ4v) is 2.56. The Bertz CT molecular complexity index is 563. The van der Waals surface area contributed by atoms with E-state index in [0.717, 1.165) is 44.1 Å². The Morgan fingerprint density at radius 2 is 2.08 bits per heavy atom. The number of rotatable bonds is 5. The molecule has 1 aliphatic heterocycles. The number of nitrogens with one attached hydrogen (secondary N) is 2. The van der Waals surface area contributed by atoms with Gasteiger partial charge in [-0.05, 0) is 40.2 Å². The highest BCUT2D eigenvalue weighted by Gasteiger charge is 2.25. The molecule has 1 unspecified atom stereocenters. The standard InChI is InChI=1S/C18H30N4O2/c1-6-13(2)21-15-14(17(23)24-18(3,4)5)7-8-20-16(15)22-11-9-19-10-12-22/h7-8,13,19,21H,6,9-12H2,1-5H3. The summed E-state index contributed by atoms with van der Waals surface area (Å²) in [7, 11) is 0. The van der Waals surface area contributed by atoms with Crippen molar-refractivity contribution in [2.75, 3.05) is 36.4 Å². The molecular formula is C18H30N4O2. The first kappa shape index (κ1) is 18.5. The molecule has 1 saturated heterocycles. The van der Waals surface area contributed by atoms with Crippen molar-refractivity contribution in [2.24, 2.45) is 0 Å². The lowest BCUT2D eigenvalue weighted by molar-refractivity contribution is 0.00705. The second-order valence-electron chi connectivity index (χ2n) is 7.25. The maximum atomic E-state index is 12.7. The van der Waals surface area contributed by atoms with Gasteiger partial charge in [-0.15, -0.1) is 0 Å². The first-order chi connectivity index (χ1) is 11.3. The maximum Gasteiger partial charge on any atom is 0.340 e. The van der Waals surface area contributed by atoms with Gasteiger partial charge >= 0.3 is 5.97 Å². The molecule has 1 fully saturated rings. The maximum absolute atomic E-state index is 12.7. The zero-order chi connectivity index (χ0) is 17.7. The third kappa shape index (κ3) is 4.84. The van der Waals surface area contributed by atoms with Gasteiger partial charge in [0.1, 0.15) is 5.60 Å². The molecule has 1 atom stereocenters. The molecule has 6 nitrogen and oxygen atoms in total. The zero-order valence-corrected chi connectivity index (χ0v) is 15.5. The molecule has 1 aliphatic rings. The van der Waals surface area contributed by atoms with Gasteiger partial charge in [-0.1, -0.05) is 6.92 Å². The Morgan fingerprint density at radius 1 is 1.42 bits per heavy atom. The Balaban J connectivity index is 2.39. The fourth-order valence-electron chi connectivity index (χ4n) is 2.56. The molecule has 1 aromatic heterocycles. The molecule has 2 rings (SSSR count). The van der Waals surface area contributed by atoms with Crippen molar-refractivity contribution in [3.63, 3.8) is 0 Å². The summed E-state index contributed by atoms with van der Waals surface area (Å²) in [5.41, 5.74) is 0.806. The number of anilines is 2. The van der Waals surface area contributed by atoms with E-state index >= 15 is 0 Å². The van der Waals surface area contributed by atoms with Gasteiger partial charge in [0.2, 0.25) is 0 Å². The third-order valence-corrected chi connectivity index (χ3v) is 3.97. The van der Waals surface area contributed by atoms with Crippen molar-refractivity contribution in [1.82, 2.24) is 10.3 Å². The van der Waals surface area contributed by atoms with Crippen LogP contribution in [-0.4, -0.2) is 48.8 Å². The average molecular weight is 334 g/mol. The summed E-state index contributed by atoms with van der Waals surface area (Å²) in [6.07, 6.45) is 2.65. The molecule has 0 bridgehead atoms. The number of esters is 1. The predicted molar refractivity (Wildman–Crippen MR) is 97.9 cm³/mol. The first-order valence-electron chi connectivity index (χ1n) is 8.76. The molecule has 6 heteroatoms. The second-order valence-corrected chi connectivity index (χ2v) is 7.25. The predicted octanol–water partition coefficient (Wildman–Crippen LogP) is 2.66. The summed E-state index contributed by atoms with van der Waals surface area (Å²) in [5, 5.41) is 6.81. The van der Waals surface area contributed by atoms with Crippen LogP contribution in [0.15, 0.2) is 12.3 Å². The number of carbonyl (C=O) groups excluding carboxylic acids is 1. The lowest BCUT2D eigenvalue weighted by atomic mass is 10.1. The Hall–Kier alpha value is -1.82. The monoisotopic (exact) mass is 334 g/mol. The Kier molecular flexibility index (Phi) is 6.04. The van der Waals surface area contributed by atoms with E-state index in [2.05, 4.69) is 34.4 Å². The highest BCUT2D eigenvalue weighted by molar-refractivity contribution is 5.98. The molecule has 0 aromatic carbocycles. The van der Waals surface area contributed by atoms with Crippen LogP contribution in [0.25, 0.3) is 0 Å². The molecule has 134 valence electrons. The van der Waals surface area contributed by atoms with Gasteiger partial charge in [0, 0.05) is 38.4 Å². The summed E-state index contributed by atoms with van der Waals surface area (Å²) < 4.78 is 5.58. The smallest absolute Gasteiger partial charge is 0.340 e. The van der Waals surface area contributed by atoms with E-state index < -0.39 is 5.60 Å². The van der Waals surface area contributed by atoms with Crippen molar-refractivity contribution in [3.8, 4) is 0 Å². The summed E-state index contributed by atoms with van der Waals surface area (Å²) in [6.45, 7) is 13.4. The normalized spacial score (nSPS) is 16.6. The van der Waals surface area contributed by atoms with Gasteiger partial charge in [-0.3, -0.25) is 0 Å². The molecule has 24 heavy (non-hydrogen) atoms. The van der Waals surface area contributed by atoms with E-state index in [1.54, 1.807) is 12.3 Å². The molecule has 0 spiro atoms. The lowest BCUT2D eigenvalue weighted by Crippen LogP contribution is -2.44. The summed E-state index contributed by atoms with van der Waals surface area (Å²) in [5.74, 6) is 0.521. The number of piperazine rings is 1.